The van der Waals surface area contributed by atoms with Crippen LogP contribution in [0.5, 0.6) is 0 Å². The van der Waals surface area contributed by atoms with Crippen molar-refractivity contribution in [3.05, 3.63) is 0 Å². The van der Waals surface area contributed by atoms with Crippen molar-refractivity contribution in [1.29, 1.82) is 0 Å². The third-order valence-corrected chi connectivity index (χ3v) is 8.37. The predicted molar refractivity (Wildman–Crippen MR) is 99.4 cm³/mol. The molecule has 7 heteroatoms. The predicted octanol–water partition coefficient (Wildman–Crippen LogP) is 1.36. The first-order valence-electron chi connectivity index (χ1n) is 9.54. The fourth-order valence-corrected chi connectivity index (χ4v) is 5.48. The molecule has 142 valence electrons. The molecular weight excluding hydrogens is 322 g/mol. The average molecular weight is 360 g/mol. The van der Waals surface area contributed by atoms with Crippen LogP contribution in [0.1, 0.15) is 25.7 Å². The zero-order chi connectivity index (χ0) is 17.3. The van der Waals surface area contributed by atoms with E-state index < -0.39 is 8.80 Å². The van der Waals surface area contributed by atoms with E-state index in [1.807, 2.05) is 0 Å². The van der Waals surface area contributed by atoms with Crippen molar-refractivity contribution in [3.8, 4) is 0 Å². The Morgan fingerprint density at radius 2 is 1.08 bits per heavy atom. The number of rotatable bonds is 10. The maximum Gasteiger partial charge on any atom is 0.500 e. The van der Waals surface area contributed by atoms with Gasteiger partial charge in [0.2, 0.25) is 0 Å². The Labute approximate surface area is 149 Å². The smallest absolute Gasteiger partial charge is 0.377 e. The summed E-state index contributed by atoms with van der Waals surface area (Å²) in [5.41, 5.74) is 0. The van der Waals surface area contributed by atoms with Crippen molar-refractivity contribution in [2.24, 2.45) is 0 Å². The minimum absolute atomic E-state index is 0.895. The molecule has 2 heterocycles. The number of piperazine rings is 1. The van der Waals surface area contributed by atoms with Gasteiger partial charge in [0.25, 0.3) is 0 Å². The highest BCUT2D eigenvalue weighted by atomic mass is 28.4. The van der Waals surface area contributed by atoms with Gasteiger partial charge in [-0.3, -0.25) is 4.90 Å². The molecule has 0 unspecified atom stereocenters. The van der Waals surface area contributed by atoms with Crippen molar-refractivity contribution in [2.75, 3.05) is 80.2 Å². The third kappa shape index (κ3) is 6.37. The first-order valence-corrected chi connectivity index (χ1v) is 11.5. The van der Waals surface area contributed by atoms with E-state index in [1.165, 1.54) is 71.6 Å². The van der Waals surface area contributed by atoms with Crippen LogP contribution < -0.4 is 0 Å². The minimum Gasteiger partial charge on any atom is -0.377 e. The molecule has 0 aromatic carbocycles. The van der Waals surface area contributed by atoms with E-state index in [-0.39, 0.29) is 0 Å². The van der Waals surface area contributed by atoms with Crippen molar-refractivity contribution < 1.29 is 13.3 Å². The maximum atomic E-state index is 5.50. The highest BCUT2D eigenvalue weighted by Crippen LogP contribution is 2.16. The lowest BCUT2D eigenvalue weighted by molar-refractivity contribution is 0.106. The molecular formula is C17H37N3O3Si. The molecule has 2 aliphatic heterocycles. The lowest BCUT2D eigenvalue weighted by Crippen LogP contribution is -2.49. The molecule has 0 aliphatic carbocycles. The Kier molecular flexibility index (Phi) is 9.18. The summed E-state index contributed by atoms with van der Waals surface area (Å²) < 4.78 is 16.5. The van der Waals surface area contributed by atoms with E-state index in [4.69, 9.17) is 13.3 Å². The fourth-order valence-electron chi connectivity index (χ4n) is 3.78. The van der Waals surface area contributed by atoms with Crippen LogP contribution in [0.2, 0.25) is 6.04 Å². The van der Waals surface area contributed by atoms with Crippen LogP contribution in [0.25, 0.3) is 0 Å². The number of hydrogen-bond acceptors (Lipinski definition) is 6. The second-order valence-corrected chi connectivity index (χ2v) is 10.1. The topological polar surface area (TPSA) is 37.4 Å². The van der Waals surface area contributed by atoms with Gasteiger partial charge in [0.1, 0.15) is 0 Å². The zero-order valence-corrected chi connectivity index (χ0v) is 17.0. The highest BCUT2D eigenvalue weighted by molar-refractivity contribution is 6.60. The first kappa shape index (κ1) is 20.3. The number of nitrogens with zero attached hydrogens (tertiary/aromatic N) is 3. The SMILES string of the molecule is CO[Si](CCCN1CCN(CCN2CCCCC2)CC1)(OC)OC. The summed E-state index contributed by atoms with van der Waals surface area (Å²) in [6.07, 6.45) is 5.29. The summed E-state index contributed by atoms with van der Waals surface area (Å²) in [5.74, 6) is 0. The van der Waals surface area contributed by atoms with E-state index in [0.717, 1.165) is 19.0 Å². The molecule has 0 N–H and O–H groups in total. The minimum atomic E-state index is -2.39. The molecule has 0 amide bonds. The first-order chi connectivity index (χ1) is 11.7. The Balaban J connectivity index is 1.57. The van der Waals surface area contributed by atoms with Crippen LogP contribution in [0.4, 0.5) is 0 Å². The molecule has 2 saturated heterocycles. The van der Waals surface area contributed by atoms with Gasteiger partial charge in [-0.25, -0.2) is 0 Å². The summed E-state index contributed by atoms with van der Waals surface area (Å²) in [6.45, 7) is 11.0. The number of hydrogen-bond donors (Lipinski definition) is 0. The largest absolute Gasteiger partial charge is 0.500 e. The van der Waals surface area contributed by atoms with Gasteiger partial charge < -0.3 is 23.1 Å². The Hall–Kier alpha value is -0.0231. The van der Waals surface area contributed by atoms with Crippen molar-refractivity contribution in [2.45, 2.75) is 31.7 Å². The number of likely N-dealkylation sites (tertiary alicyclic amines) is 1. The van der Waals surface area contributed by atoms with Gasteiger partial charge in [0, 0.05) is 66.6 Å². The van der Waals surface area contributed by atoms with Gasteiger partial charge in [-0.05, 0) is 38.9 Å². The van der Waals surface area contributed by atoms with Crippen LogP contribution in [0.3, 0.4) is 0 Å². The van der Waals surface area contributed by atoms with E-state index in [0.29, 0.717) is 0 Å². The number of piperidine rings is 1. The second-order valence-electron chi connectivity index (χ2n) is 6.98. The third-order valence-electron chi connectivity index (χ3n) is 5.54. The summed E-state index contributed by atoms with van der Waals surface area (Å²) >= 11 is 0. The van der Waals surface area contributed by atoms with Gasteiger partial charge in [-0.1, -0.05) is 6.42 Å². The molecule has 0 saturated carbocycles. The summed E-state index contributed by atoms with van der Waals surface area (Å²) in [4.78, 5) is 7.83. The summed E-state index contributed by atoms with van der Waals surface area (Å²) in [5, 5.41) is 0. The monoisotopic (exact) mass is 359 g/mol. The van der Waals surface area contributed by atoms with Crippen LogP contribution in [0, 0.1) is 0 Å². The second kappa shape index (κ2) is 10.9. The molecule has 0 radical (unpaired) electrons. The van der Waals surface area contributed by atoms with Gasteiger partial charge in [-0.2, -0.15) is 0 Å². The molecule has 0 bridgehead atoms. The van der Waals surface area contributed by atoms with Crippen LogP contribution >= 0.6 is 0 Å². The standard InChI is InChI=1S/C17H37N3O3Si/c1-21-24(22-2,23-3)17-7-10-19-12-15-20(16-13-19)14-11-18-8-5-4-6-9-18/h4-17H2,1-3H3. The van der Waals surface area contributed by atoms with Crippen LogP contribution in [0.15, 0.2) is 0 Å². The molecule has 0 atom stereocenters. The van der Waals surface area contributed by atoms with Crippen LogP contribution in [-0.2, 0) is 13.3 Å². The van der Waals surface area contributed by atoms with Crippen molar-refractivity contribution in [3.63, 3.8) is 0 Å². The highest BCUT2D eigenvalue weighted by Gasteiger charge is 2.37. The van der Waals surface area contributed by atoms with E-state index in [1.54, 1.807) is 21.3 Å². The zero-order valence-electron chi connectivity index (χ0n) is 16.0. The lowest BCUT2D eigenvalue weighted by Gasteiger charge is -2.36. The molecule has 0 aromatic rings. The lowest BCUT2D eigenvalue weighted by atomic mass is 10.1. The van der Waals surface area contributed by atoms with Crippen molar-refractivity contribution in [1.82, 2.24) is 14.7 Å². The van der Waals surface area contributed by atoms with E-state index in [9.17, 15) is 0 Å². The molecule has 0 spiro atoms. The van der Waals surface area contributed by atoms with Crippen LogP contribution in [-0.4, -0.2) is 104 Å². The Morgan fingerprint density at radius 3 is 1.58 bits per heavy atom. The maximum absolute atomic E-state index is 5.50. The van der Waals surface area contributed by atoms with Crippen molar-refractivity contribution >= 4 is 8.80 Å². The fraction of sp³-hybridized carbons (Fsp3) is 1.00. The molecule has 2 rings (SSSR count). The average Bonchev–Trinajstić information content (AvgIpc) is 2.66. The van der Waals surface area contributed by atoms with Gasteiger partial charge in [0.15, 0.2) is 0 Å². The molecule has 2 aliphatic rings. The van der Waals surface area contributed by atoms with Gasteiger partial charge in [-0.15, -0.1) is 0 Å². The van der Waals surface area contributed by atoms with Gasteiger partial charge >= 0.3 is 8.80 Å². The quantitative estimate of drug-likeness (QED) is 0.548. The summed E-state index contributed by atoms with van der Waals surface area (Å²) in [7, 11) is 2.69. The molecule has 24 heavy (non-hydrogen) atoms. The van der Waals surface area contributed by atoms with E-state index >= 15 is 0 Å². The molecule has 0 aromatic heterocycles. The summed E-state index contributed by atoms with van der Waals surface area (Å²) in [6, 6.07) is 0.895. The normalized spacial score (nSPS) is 22.1. The van der Waals surface area contributed by atoms with E-state index in [2.05, 4.69) is 14.7 Å². The Bertz CT molecular complexity index is 323. The van der Waals surface area contributed by atoms with Gasteiger partial charge in [0.05, 0.1) is 0 Å². The molecule has 6 nitrogen and oxygen atoms in total. The Morgan fingerprint density at radius 1 is 0.625 bits per heavy atom. The molecule has 2 fully saturated rings.